The summed E-state index contributed by atoms with van der Waals surface area (Å²) < 4.78 is 23.4. The molecule has 20 heavy (non-hydrogen) atoms. The minimum atomic E-state index is -0.699. The van der Waals surface area contributed by atoms with E-state index in [9.17, 15) is 9.18 Å². The molecule has 0 aromatic heterocycles. The number of halogens is 1. The lowest BCUT2D eigenvalue weighted by molar-refractivity contribution is -0.127. The molecule has 2 N–H and O–H groups in total. The second-order valence-corrected chi connectivity index (χ2v) is 4.20. The normalized spacial score (nSPS) is 11.9. The number of aliphatic hydroxyl groups is 1. The Bertz CT molecular complexity index is 414. The van der Waals surface area contributed by atoms with Crippen molar-refractivity contribution in [2.45, 2.75) is 19.4 Å². The number of carbonyl (C=O) groups excluding carboxylic acids is 1. The van der Waals surface area contributed by atoms with Crippen LogP contribution in [0.15, 0.2) is 24.3 Å². The third-order valence-electron chi connectivity index (χ3n) is 2.48. The number of amides is 1. The first-order valence-electron chi connectivity index (χ1n) is 6.52. The molecule has 0 aliphatic carbocycles. The number of nitrogens with one attached hydrogen (secondary N) is 1. The van der Waals surface area contributed by atoms with Crippen molar-refractivity contribution in [1.82, 2.24) is 5.32 Å². The summed E-state index contributed by atoms with van der Waals surface area (Å²) in [6, 6.07) is 5.65. The molecule has 1 rings (SSSR count). The van der Waals surface area contributed by atoms with E-state index in [-0.39, 0.29) is 12.5 Å². The Hall–Kier alpha value is -1.66. The van der Waals surface area contributed by atoms with E-state index >= 15 is 0 Å². The van der Waals surface area contributed by atoms with Crippen molar-refractivity contribution in [2.75, 3.05) is 26.4 Å². The van der Waals surface area contributed by atoms with Crippen LogP contribution in [-0.4, -0.2) is 43.5 Å². The lowest BCUT2D eigenvalue weighted by atomic mass is 10.3. The van der Waals surface area contributed by atoms with Gasteiger partial charge in [0.15, 0.2) is 6.10 Å². The number of hydrogen-bond acceptors (Lipinski definition) is 4. The SMILES string of the molecule is CC(Oc1cccc(F)c1)C(=O)NCCCOCCO. The highest BCUT2D eigenvalue weighted by atomic mass is 19.1. The maximum absolute atomic E-state index is 13.0. The Labute approximate surface area is 117 Å². The Morgan fingerprint density at radius 3 is 2.95 bits per heavy atom. The highest BCUT2D eigenvalue weighted by Crippen LogP contribution is 2.13. The third kappa shape index (κ3) is 6.49. The minimum Gasteiger partial charge on any atom is -0.481 e. The molecule has 1 aromatic rings. The smallest absolute Gasteiger partial charge is 0.260 e. The second-order valence-electron chi connectivity index (χ2n) is 4.20. The predicted octanol–water partition coefficient (Wildman–Crippen LogP) is 1.11. The van der Waals surface area contributed by atoms with Gasteiger partial charge in [-0.1, -0.05) is 6.07 Å². The van der Waals surface area contributed by atoms with Gasteiger partial charge in [-0.2, -0.15) is 0 Å². The summed E-state index contributed by atoms with van der Waals surface area (Å²) in [7, 11) is 0. The number of rotatable bonds is 9. The van der Waals surface area contributed by atoms with Crippen molar-refractivity contribution in [3.05, 3.63) is 30.1 Å². The van der Waals surface area contributed by atoms with Crippen molar-refractivity contribution in [2.24, 2.45) is 0 Å². The summed E-state index contributed by atoms with van der Waals surface area (Å²) in [5.41, 5.74) is 0. The quantitative estimate of drug-likeness (QED) is 0.667. The van der Waals surface area contributed by atoms with E-state index in [0.29, 0.717) is 31.9 Å². The molecule has 1 aromatic carbocycles. The molecule has 0 aliphatic heterocycles. The van der Waals surface area contributed by atoms with E-state index in [1.807, 2.05) is 0 Å². The summed E-state index contributed by atoms with van der Waals surface area (Å²) >= 11 is 0. The second kappa shape index (κ2) is 9.28. The zero-order valence-electron chi connectivity index (χ0n) is 11.5. The van der Waals surface area contributed by atoms with Crippen molar-refractivity contribution < 1.29 is 23.8 Å². The van der Waals surface area contributed by atoms with E-state index in [1.54, 1.807) is 13.0 Å². The number of carbonyl (C=O) groups is 1. The molecule has 0 saturated heterocycles. The molecule has 0 spiro atoms. The van der Waals surface area contributed by atoms with E-state index in [0.717, 1.165) is 0 Å². The van der Waals surface area contributed by atoms with Gasteiger partial charge in [0.1, 0.15) is 11.6 Å². The molecule has 6 heteroatoms. The highest BCUT2D eigenvalue weighted by Gasteiger charge is 2.14. The Morgan fingerprint density at radius 2 is 2.25 bits per heavy atom. The summed E-state index contributed by atoms with van der Waals surface area (Å²) in [4.78, 5) is 11.7. The Kier molecular flexibility index (Phi) is 7.60. The molecule has 0 heterocycles. The van der Waals surface area contributed by atoms with Crippen LogP contribution in [0.4, 0.5) is 4.39 Å². The lowest BCUT2D eigenvalue weighted by Gasteiger charge is -2.14. The zero-order chi connectivity index (χ0) is 14.8. The van der Waals surface area contributed by atoms with Crippen LogP contribution in [0.2, 0.25) is 0 Å². The molecule has 5 nitrogen and oxygen atoms in total. The van der Waals surface area contributed by atoms with E-state index in [2.05, 4.69) is 5.32 Å². The molecule has 1 unspecified atom stereocenters. The Morgan fingerprint density at radius 1 is 1.45 bits per heavy atom. The fraction of sp³-hybridized carbons (Fsp3) is 0.500. The van der Waals surface area contributed by atoms with E-state index < -0.39 is 11.9 Å². The predicted molar refractivity (Wildman–Crippen MR) is 72.0 cm³/mol. The van der Waals surface area contributed by atoms with Gasteiger partial charge in [-0.15, -0.1) is 0 Å². The van der Waals surface area contributed by atoms with Gasteiger partial charge in [0, 0.05) is 19.2 Å². The number of benzene rings is 1. The molecule has 0 radical (unpaired) electrons. The lowest BCUT2D eigenvalue weighted by Crippen LogP contribution is -2.37. The van der Waals surface area contributed by atoms with Gasteiger partial charge in [-0.25, -0.2) is 4.39 Å². The Balaban J connectivity index is 2.22. The minimum absolute atomic E-state index is 0.00906. The van der Waals surface area contributed by atoms with Crippen LogP contribution in [0.25, 0.3) is 0 Å². The first kappa shape index (κ1) is 16.4. The van der Waals surface area contributed by atoms with Crippen molar-refractivity contribution in [1.29, 1.82) is 0 Å². The van der Waals surface area contributed by atoms with Crippen molar-refractivity contribution >= 4 is 5.91 Å². The van der Waals surface area contributed by atoms with E-state index in [4.69, 9.17) is 14.6 Å². The van der Waals surface area contributed by atoms with Gasteiger partial charge in [-0.05, 0) is 25.5 Å². The number of hydrogen-bond donors (Lipinski definition) is 2. The average Bonchev–Trinajstić information content (AvgIpc) is 2.42. The van der Waals surface area contributed by atoms with Gasteiger partial charge in [0.2, 0.25) is 0 Å². The molecule has 1 atom stereocenters. The molecule has 0 bridgehead atoms. The van der Waals surface area contributed by atoms with Crippen molar-refractivity contribution in [3.8, 4) is 5.75 Å². The number of ether oxygens (including phenoxy) is 2. The van der Waals surface area contributed by atoms with Gasteiger partial charge in [0.25, 0.3) is 5.91 Å². The summed E-state index contributed by atoms with van der Waals surface area (Å²) in [5.74, 6) is -0.355. The topological polar surface area (TPSA) is 67.8 Å². The van der Waals surface area contributed by atoms with E-state index in [1.165, 1.54) is 18.2 Å². The first-order chi connectivity index (χ1) is 9.63. The largest absolute Gasteiger partial charge is 0.481 e. The molecule has 112 valence electrons. The summed E-state index contributed by atoms with van der Waals surface area (Å²) in [6.45, 7) is 2.82. The maximum atomic E-state index is 13.0. The van der Waals surface area contributed by atoms with Crippen LogP contribution in [0.3, 0.4) is 0 Å². The van der Waals surface area contributed by atoms with Crippen LogP contribution in [0.1, 0.15) is 13.3 Å². The van der Waals surface area contributed by atoms with Crippen LogP contribution in [0.5, 0.6) is 5.75 Å². The number of aliphatic hydroxyl groups excluding tert-OH is 1. The molecule has 0 saturated carbocycles. The van der Waals surface area contributed by atoms with Crippen LogP contribution in [-0.2, 0) is 9.53 Å². The summed E-state index contributed by atoms with van der Waals surface area (Å²) in [6.07, 6.45) is -0.0477. The monoisotopic (exact) mass is 285 g/mol. The average molecular weight is 285 g/mol. The van der Waals surface area contributed by atoms with Crippen molar-refractivity contribution in [3.63, 3.8) is 0 Å². The van der Waals surface area contributed by atoms with Gasteiger partial charge in [0.05, 0.1) is 13.2 Å². The highest BCUT2D eigenvalue weighted by molar-refractivity contribution is 5.80. The van der Waals surface area contributed by atoms with Gasteiger partial charge < -0.3 is 19.9 Å². The zero-order valence-corrected chi connectivity index (χ0v) is 11.5. The maximum Gasteiger partial charge on any atom is 0.260 e. The molecular weight excluding hydrogens is 265 g/mol. The first-order valence-corrected chi connectivity index (χ1v) is 6.52. The van der Waals surface area contributed by atoms with Gasteiger partial charge in [-0.3, -0.25) is 4.79 Å². The van der Waals surface area contributed by atoms with Gasteiger partial charge >= 0.3 is 0 Å². The third-order valence-corrected chi connectivity index (χ3v) is 2.48. The molecule has 0 fully saturated rings. The molecule has 0 aliphatic rings. The van der Waals surface area contributed by atoms with Crippen LogP contribution < -0.4 is 10.1 Å². The molecular formula is C14H20FNO4. The standard InChI is InChI=1S/C14H20FNO4/c1-11(20-13-5-2-4-12(15)10-13)14(18)16-6-3-8-19-9-7-17/h2,4-5,10-11,17H,3,6-9H2,1H3,(H,16,18). The fourth-order valence-electron chi connectivity index (χ4n) is 1.49. The van der Waals surface area contributed by atoms with Crippen LogP contribution in [0, 0.1) is 5.82 Å². The fourth-order valence-corrected chi connectivity index (χ4v) is 1.49. The van der Waals surface area contributed by atoms with Crippen LogP contribution >= 0.6 is 0 Å². The molecule has 1 amide bonds. The summed E-state index contributed by atoms with van der Waals surface area (Å²) in [5, 5.41) is 11.2.